The van der Waals surface area contributed by atoms with Gasteiger partial charge in [-0.05, 0) is 32.8 Å². The van der Waals surface area contributed by atoms with Crippen molar-refractivity contribution in [1.82, 2.24) is 4.90 Å². The van der Waals surface area contributed by atoms with Crippen LogP contribution in [-0.4, -0.2) is 41.3 Å². The minimum atomic E-state index is -1.44. The van der Waals surface area contributed by atoms with E-state index >= 15 is 0 Å². The molecule has 1 amide bonds. The van der Waals surface area contributed by atoms with Gasteiger partial charge in [-0.1, -0.05) is 30.3 Å². The molecule has 1 aromatic carbocycles. The lowest BCUT2D eigenvalue weighted by molar-refractivity contribution is -0.151. The minimum absolute atomic E-state index is 0.0467. The summed E-state index contributed by atoms with van der Waals surface area (Å²) in [5, 5.41) is 0. The van der Waals surface area contributed by atoms with Crippen LogP contribution in [0.1, 0.15) is 32.8 Å². The number of hydrogen-bond acceptors (Lipinski definition) is 4. The van der Waals surface area contributed by atoms with Crippen LogP contribution in [0.5, 0.6) is 0 Å². The Morgan fingerprint density at radius 1 is 1.26 bits per heavy atom. The molecule has 0 aliphatic carbocycles. The molecule has 6 heteroatoms. The highest BCUT2D eigenvalue weighted by Crippen LogP contribution is 2.25. The van der Waals surface area contributed by atoms with E-state index in [1.165, 1.54) is 0 Å². The summed E-state index contributed by atoms with van der Waals surface area (Å²) in [6, 6.07) is 7.87. The third kappa shape index (κ3) is 4.68. The molecule has 1 aromatic rings. The molecule has 1 aliphatic heterocycles. The third-order valence-electron chi connectivity index (χ3n) is 3.42. The predicted molar refractivity (Wildman–Crippen MR) is 82.5 cm³/mol. The minimum Gasteiger partial charge on any atom is -0.459 e. The second kappa shape index (κ2) is 6.98. The van der Waals surface area contributed by atoms with Crippen LogP contribution in [0.4, 0.5) is 9.18 Å². The van der Waals surface area contributed by atoms with Gasteiger partial charge in [0, 0.05) is 6.54 Å². The molecule has 1 aliphatic rings. The van der Waals surface area contributed by atoms with Crippen molar-refractivity contribution in [2.24, 2.45) is 0 Å². The molecule has 0 aromatic heterocycles. The van der Waals surface area contributed by atoms with E-state index in [0.29, 0.717) is 0 Å². The normalized spacial score (nSPS) is 21.1. The Hall–Kier alpha value is -2.11. The Labute approximate surface area is 135 Å². The largest absolute Gasteiger partial charge is 0.459 e. The fourth-order valence-corrected chi connectivity index (χ4v) is 2.37. The molecule has 1 fully saturated rings. The van der Waals surface area contributed by atoms with Crippen molar-refractivity contribution < 1.29 is 23.5 Å². The topological polar surface area (TPSA) is 55.8 Å². The molecule has 0 bridgehead atoms. The maximum absolute atomic E-state index is 14.1. The Morgan fingerprint density at radius 3 is 2.52 bits per heavy atom. The Balaban J connectivity index is 1.99. The number of carbonyl (C=O) groups excluding carboxylic acids is 2. The van der Waals surface area contributed by atoms with Crippen LogP contribution in [0.25, 0.3) is 0 Å². The standard InChI is InChI=1S/C17H22FNO4/c1-17(2,3)23-16(21)19-10-9-13(18)14(19)15(20)22-11-12-7-5-4-6-8-12/h4-8,13-14H,9-11H2,1-3H3/t13-,14+/m1/s1. The molecule has 2 atom stereocenters. The van der Waals surface area contributed by atoms with Crippen molar-refractivity contribution in [2.45, 2.75) is 51.6 Å². The molecule has 0 unspecified atom stereocenters. The molecule has 0 N–H and O–H groups in total. The summed E-state index contributed by atoms with van der Waals surface area (Å²) in [6.45, 7) is 5.34. The lowest BCUT2D eigenvalue weighted by atomic mass is 10.2. The number of esters is 1. The van der Waals surface area contributed by atoms with Gasteiger partial charge in [0.25, 0.3) is 0 Å². The number of nitrogens with zero attached hydrogens (tertiary/aromatic N) is 1. The van der Waals surface area contributed by atoms with Gasteiger partial charge in [0.05, 0.1) is 0 Å². The van der Waals surface area contributed by atoms with E-state index < -0.39 is 29.9 Å². The lowest BCUT2D eigenvalue weighted by Crippen LogP contribution is -2.46. The number of likely N-dealkylation sites (tertiary alicyclic amines) is 1. The van der Waals surface area contributed by atoms with Gasteiger partial charge in [0.15, 0.2) is 6.04 Å². The summed E-state index contributed by atoms with van der Waals surface area (Å²) in [6.07, 6.45) is -2.03. The maximum atomic E-state index is 14.1. The van der Waals surface area contributed by atoms with E-state index in [1.807, 2.05) is 18.2 Å². The summed E-state index contributed by atoms with van der Waals surface area (Å²) in [4.78, 5) is 25.4. The smallest absolute Gasteiger partial charge is 0.411 e. The van der Waals surface area contributed by atoms with Crippen molar-refractivity contribution in [3.63, 3.8) is 0 Å². The van der Waals surface area contributed by atoms with E-state index in [1.54, 1.807) is 32.9 Å². The zero-order valence-corrected chi connectivity index (χ0v) is 13.6. The molecule has 0 spiro atoms. The van der Waals surface area contributed by atoms with Crippen molar-refractivity contribution in [3.05, 3.63) is 35.9 Å². The molecular weight excluding hydrogens is 301 g/mol. The number of alkyl halides is 1. The van der Waals surface area contributed by atoms with Gasteiger partial charge in [-0.15, -0.1) is 0 Å². The number of ether oxygens (including phenoxy) is 2. The van der Waals surface area contributed by atoms with E-state index in [-0.39, 0.29) is 19.6 Å². The number of benzene rings is 1. The van der Waals surface area contributed by atoms with Crippen LogP contribution in [0.15, 0.2) is 30.3 Å². The number of carbonyl (C=O) groups is 2. The monoisotopic (exact) mass is 323 g/mol. The molecule has 0 radical (unpaired) electrons. The summed E-state index contributed by atoms with van der Waals surface area (Å²) in [5.41, 5.74) is 0.0994. The SMILES string of the molecule is CC(C)(C)OC(=O)N1CC[C@@H](F)[C@H]1C(=O)OCc1ccccc1. The van der Waals surface area contributed by atoms with E-state index in [9.17, 15) is 14.0 Å². The van der Waals surface area contributed by atoms with Gasteiger partial charge < -0.3 is 9.47 Å². The second-order valence-electron chi connectivity index (χ2n) is 6.52. The molecule has 1 saturated heterocycles. The highest BCUT2D eigenvalue weighted by Gasteiger charge is 2.44. The van der Waals surface area contributed by atoms with Gasteiger partial charge in [-0.25, -0.2) is 14.0 Å². The Bertz CT molecular complexity index is 555. The van der Waals surface area contributed by atoms with E-state index in [4.69, 9.17) is 9.47 Å². The highest BCUT2D eigenvalue weighted by molar-refractivity contribution is 5.83. The first-order chi connectivity index (χ1) is 10.8. The van der Waals surface area contributed by atoms with E-state index in [2.05, 4.69) is 0 Å². The Kier molecular flexibility index (Phi) is 5.23. The van der Waals surface area contributed by atoms with Crippen LogP contribution in [-0.2, 0) is 20.9 Å². The average molecular weight is 323 g/mol. The first-order valence-electron chi connectivity index (χ1n) is 7.62. The van der Waals surface area contributed by atoms with Crippen LogP contribution in [0.3, 0.4) is 0 Å². The van der Waals surface area contributed by atoms with Gasteiger partial charge >= 0.3 is 12.1 Å². The quantitative estimate of drug-likeness (QED) is 0.802. The molecule has 2 rings (SSSR count). The number of rotatable bonds is 3. The molecule has 126 valence electrons. The second-order valence-corrected chi connectivity index (χ2v) is 6.52. The fraction of sp³-hybridized carbons (Fsp3) is 0.529. The maximum Gasteiger partial charge on any atom is 0.411 e. The van der Waals surface area contributed by atoms with Crippen molar-refractivity contribution in [3.8, 4) is 0 Å². The summed E-state index contributed by atoms with van der Waals surface area (Å²) >= 11 is 0. The summed E-state index contributed by atoms with van der Waals surface area (Å²) in [5.74, 6) is -0.746. The third-order valence-corrected chi connectivity index (χ3v) is 3.42. The summed E-state index contributed by atoms with van der Waals surface area (Å²) in [7, 11) is 0. The number of amides is 1. The average Bonchev–Trinajstić information content (AvgIpc) is 2.86. The van der Waals surface area contributed by atoms with Crippen LogP contribution in [0, 0.1) is 0 Å². The van der Waals surface area contributed by atoms with Crippen molar-refractivity contribution in [2.75, 3.05) is 6.54 Å². The zero-order chi connectivity index (χ0) is 17.0. The van der Waals surface area contributed by atoms with Crippen molar-refractivity contribution in [1.29, 1.82) is 0 Å². The van der Waals surface area contributed by atoms with Crippen LogP contribution < -0.4 is 0 Å². The van der Waals surface area contributed by atoms with Crippen LogP contribution in [0.2, 0.25) is 0 Å². The van der Waals surface area contributed by atoms with Gasteiger partial charge in [0.1, 0.15) is 18.4 Å². The number of halogens is 1. The van der Waals surface area contributed by atoms with Gasteiger partial charge in [-0.3, -0.25) is 4.90 Å². The zero-order valence-electron chi connectivity index (χ0n) is 13.6. The number of hydrogen-bond donors (Lipinski definition) is 0. The first-order valence-corrected chi connectivity index (χ1v) is 7.62. The predicted octanol–water partition coefficient (Wildman–Crippen LogP) is 3.08. The molecule has 1 heterocycles. The van der Waals surface area contributed by atoms with Gasteiger partial charge in [0.2, 0.25) is 0 Å². The molecule has 5 nitrogen and oxygen atoms in total. The van der Waals surface area contributed by atoms with Crippen LogP contribution >= 0.6 is 0 Å². The summed E-state index contributed by atoms with van der Waals surface area (Å²) < 4.78 is 24.4. The van der Waals surface area contributed by atoms with E-state index in [0.717, 1.165) is 10.5 Å². The molecular formula is C17H22FNO4. The highest BCUT2D eigenvalue weighted by atomic mass is 19.1. The molecule has 23 heavy (non-hydrogen) atoms. The van der Waals surface area contributed by atoms with Gasteiger partial charge in [-0.2, -0.15) is 0 Å². The van der Waals surface area contributed by atoms with Crippen molar-refractivity contribution >= 4 is 12.1 Å². The first kappa shape index (κ1) is 17.2. The molecule has 0 saturated carbocycles. The fourth-order valence-electron chi connectivity index (χ4n) is 2.37. The Morgan fingerprint density at radius 2 is 1.91 bits per heavy atom. The lowest BCUT2D eigenvalue weighted by Gasteiger charge is -2.27.